The van der Waals surface area contributed by atoms with E-state index in [2.05, 4.69) is 11.8 Å². The van der Waals surface area contributed by atoms with Crippen LogP contribution in [0.25, 0.3) is 0 Å². The van der Waals surface area contributed by atoms with Crippen LogP contribution in [0.3, 0.4) is 0 Å². The van der Waals surface area contributed by atoms with Gasteiger partial charge in [-0.05, 0) is 45.2 Å². The quantitative estimate of drug-likeness (QED) is 0.333. The molecule has 1 nitrogen and oxygen atoms in total. The van der Waals surface area contributed by atoms with Gasteiger partial charge in [0.05, 0.1) is 0 Å². The molecule has 1 fully saturated rings. The lowest BCUT2D eigenvalue weighted by Gasteiger charge is -2.24. The fraction of sp³-hybridized carbons (Fsp3) is 1.00. The van der Waals surface area contributed by atoms with E-state index in [4.69, 9.17) is 11.6 Å². The molecule has 0 aromatic rings. The monoisotopic (exact) mass is 287 g/mol. The highest BCUT2D eigenvalue weighted by atomic mass is 35.5. The first kappa shape index (κ1) is 17.3. The van der Waals surface area contributed by atoms with E-state index in [-0.39, 0.29) is 0 Å². The van der Waals surface area contributed by atoms with E-state index in [1.54, 1.807) is 0 Å². The zero-order valence-electron chi connectivity index (χ0n) is 13.0. The number of likely N-dealkylation sites (tertiary alicyclic amines) is 1. The number of unbranched alkanes of at least 4 members (excludes halogenated alkanes) is 7. The zero-order valence-corrected chi connectivity index (χ0v) is 13.8. The molecule has 0 aromatic carbocycles. The van der Waals surface area contributed by atoms with Crippen LogP contribution < -0.4 is 0 Å². The average molecular weight is 288 g/mol. The van der Waals surface area contributed by atoms with Crippen LogP contribution in [0, 0.1) is 0 Å². The first-order valence-electron chi connectivity index (χ1n) is 8.68. The smallest absolute Gasteiger partial charge is 0.0224 e. The van der Waals surface area contributed by atoms with Gasteiger partial charge in [0.15, 0.2) is 0 Å². The molecule has 1 saturated heterocycles. The second kappa shape index (κ2) is 12.0. The Bertz CT molecular complexity index is 196. The first-order chi connectivity index (χ1) is 9.38. The summed E-state index contributed by atoms with van der Waals surface area (Å²) in [6.45, 7) is 4.96. The van der Waals surface area contributed by atoms with Gasteiger partial charge in [0.2, 0.25) is 0 Å². The molecule has 0 aliphatic carbocycles. The minimum atomic E-state index is 0.835. The third kappa shape index (κ3) is 8.19. The molecule has 0 aromatic heterocycles. The SMILES string of the molecule is CCCCCCCCCCN1CCCC1CCCCl. The standard InChI is InChI=1S/C17H34ClN/c1-2-3-4-5-6-7-8-9-15-19-16-11-13-17(19)12-10-14-18/h17H,2-16H2,1H3. The molecule has 1 heterocycles. The lowest BCUT2D eigenvalue weighted by atomic mass is 10.1. The van der Waals surface area contributed by atoms with Crippen LogP contribution in [-0.2, 0) is 0 Å². The van der Waals surface area contributed by atoms with Crippen LogP contribution in [-0.4, -0.2) is 29.9 Å². The van der Waals surface area contributed by atoms with Crippen LogP contribution >= 0.6 is 11.6 Å². The van der Waals surface area contributed by atoms with Gasteiger partial charge in [-0.1, -0.05) is 51.9 Å². The Morgan fingerprint density at radius 1 is 0.947 bits per heavy atom. The number of hydrogen-bond acceptors (Lipinski definition) is 1. The van der Waals surface area contributed by atoms with Crippen molar-refractivity contribution in [2.24, 2.45) is 0 Å². The lowest BCUT2D eigenvalue weighted by Crippen LogP contribution is -2.30. The molecule has 1 aliphatic rings. The molecule has 19 heavy (non-hydrogen) atoms. The fourth-order valence-electron chi connectivity index (χ4n) is 3.28. The third-order valence-electron chi connectivity index (χ3n) is 4.47. The van der Waals surface area contributed by atoms with E-state index in [1.165, 1.54) is 90.1 Å². The van der Waals surface area contributed by atoms with Crippen molar-refractivity contribution in [1.29, 1.82) is 0 Å². The van der Waals surface area contributed by atoms with Gasteiger partial charge >= 0.3 is 0 Å². The van der Waals surface area contributed by atoms with Crippen molar-refractivity contribution >= 4 is 11.6 Å². The van der Waals surface area contributed by atoms with Gasteiger partial charge in [0.1, 0.15) is 0 Å². The molecule has 1 atom stereocenters. The second-order valence-electron chi connectivity index (χ2n) is 6.14. The highest BCUT2D eigenvalue weighted by molar-refractivity contribution is 6.17. The Balaban J connectivity index is 1.93. The Morgan fingerprint density at radius 3 is 2.32 bits per heavy atom. The lowest BCUT2D eigenvalue weighted by molar-refractivity contribution is 0.236. The van der Waals surface area contributed by atoms with Gasteiger partial charge in [-0.2, -0.15) is 0 Å². The average Bonchev–Trinajstić information content (AvgIpc) is 2.87. The molecule has 1 unspecified atom stereocenters. The highest BCUT2D eigenvalue weighted by Gasteiger charge is 2.22. The predicted molar refractivity (Wildman–Crippen MR) is 87.2 cm³/mol. The van der Waals surface area contributed by atoms with Gasteiger partial charge in [-0.3, -0.25) is 0 Å². The molecule has 0 amide bonds. The second-order valence-corrected chi connectivity index (χ2v) is 6.52. The number of alkyl halides is 1. The Hall–Kier alpha value is 0.250. The van der Waals surface area contributed by atoms with Crippen molar-refractivity contribution in [2.45, 2.75) is 90.0 Å². The number of nitrogens with zero attached hydrogens (tertiary/aromatic N) is 1. The van der Waals surface area contributed by atoms with Gasteiger partial charge in [-0.25, -0.2) is 0 Å². The summed E-state index contributed by atoms with van der Waals surface area (Å²) in [7, 11) is 0. The summed E-state index contributed by atoms with van der Waals surface area (Å²) in [5, 5.41) is 0. The summed E-state index contributed by atoms with van der Waals surface area (Å²) in [6.07, 6.45) is 16.8. The van der Waals surface area contributed by atoms with Gasteiger partial charge in [0, 0.05) is 11.9 Å². The number of hydrogen-bond donors (Lipinski definition) is 0. The molecule has 2 heteroatoms. The molecule has 0 bridgehead atoms. The maximum absolute atomic E-state index is 5.81. The molecule has 0 N–H and O–H groups in total. The third-order valence-corrected chi connectivity index (χ3v) is 4.74. The van der Waals surface area contributed by atoms with E-state index in [1.807, 2.05) is 0 Å². The molecule has 0 radical (unpaired) electrons. The summed E-state index contributed by atoms with van der Waals surface area (Å²) in [6, 6.07) is 0.850. The fourth-order valence-corrected chi connectivity index (χ4v) is 3.43. The number of rotatable bonds is 12. The Kier molecular flexibility index (Phi) is 11.0. The molecule has 1 aliphatic heterocycles. The summed E-state index contributed by atoms with van der Waals surface area (Å²) >= 11 is 5.81. The van der Waals surface area contributed by atoms with Crippen LogP contribution in [0.1, 0.15) is 84.0 Å². The minimum Gasteiger partial charge on any atom is -0.300 e. The van der Waals surface area contributed by atoms with Gasteiger partial charge in [-0.15, -0.1) is 11.6 Å². The van der Waals surface area contributed by atoms with Gasteiger partial charge in [0.25, 0.3) is 0 Å². The molecule has 0 saturated carbocycles. The topological polar surface area (TPSA) is 3.24 Å². The normalized spacial score (nSPS) is 20.2. The van der Waals surface area contributed by atoms with Crippen LogP contribution in [0.5, 0.6) is 0 Å². The first-order valence-corrected chi connectivity index (χ1v) is 9.22. The summed E-state index contributed by atoms with van der Waals surface area (Å²) in [5.41, 5.74) is 0. The van der Waals surface area contributed by atoms with E-state index >= 15 is 0 Å². The molecule has 114 valence electrons. The Labute approximate surface area is 126 Å². The summed E-state index contributed by atoms with van der Waals surface area (Å²) in [4.78, 5) is 2.73. The van der Waals surface area contributed by atoms with Crippen molar-refractivity contribution in [3.63, 3.8) is 0 Å². The van der Waals surface area contributed by atoms with Crippen LogP contribution in [0.2, 0.25) is 0 Å². The zero-order chi connectivity index (χ0) is 13.8. The van der Waals surface area contributed by atoms with Crippen molar-refractivity contribution in [3.05, 3.63) is 0 Å². The van der Waals surface area contributed by atoms with E-state index in [0.717, 1.165) is 11.9 Å². The molecular weight excluding hydrogens is 254 g/mol. The van der Waals surface area contributed by atoms with Gasteiger partial charge < -0.3 is 4.90 Å². The largest absolute Gasteiger partial charge is 0.300 e. The summed E-state index contributed by atoms with van der Waals surface area (Å²) < 4.78 is 0. The molecular formula is C17H34ClN. The van der Waals surface area contributed by atoms with Crippen LogP contribution in [0.15, 0.2) is 0 Å². The maximum Gasteiger partial charge on any atom is 0.0224 e. The number of halogens is 1. The van der Waals surface area contributed by atoms with E-state index in [0.29, 0.717) is 0 Å². The molecule has 0 spiro atoms. The van der Waals surface area contributed by atoms with Crippen molar-refractivity contribution in [1.82, 2.24) is 4.90 Å². The van der Waals surface area contributed by atoms with Crippen molar-refractivity contribution in [2.75, 3.05) is 19.0 Å². The highest BCUT2D eigenvalue weighted by Crippen LogP contribution is 2.22. The predicted octanol–water partition coefficient (Wildman–Crippen LogP) is 5.61. The Morgan fingerprint density at radius 2 is 1.63 bits per heavy atom. The van der Waals surface area contributed by atoms with Crippen molar-refractivity contribution < 1.29 is 0 Å². The maximum atomic E-state index is 5.81. The van der Waals surface area contributed by atoms with Crippen molar-refractivity contribution in [3.8, 4) is 0 Å². The van der Waals surface area contributed by atoms with E-state index in [9.17, 15) is 0 Å². The molecule has 1 rings (SSSR count). The van der Waals surface area contributed by atoms with E-state index < -0.39 is 0 Å². The summed E-state index contributed by atoms with van der Waals surface area (Å²) in [5.74, 6) is 0.835. The minimum absolute atomic E-state index is 0.835. The van der Waals surface area contributed by atoms with Crippen LogP contribution in [0.4, 0.5) is 0 Å².